The normalized spacial score (nSPS) is 11.8. The smallest absolute Gasteiger partial charge is 0.252 e. The highest BCUT2D eigenvalue weighted by atomic mass is 32.2. The number of rotatable bonds is 7. The van der Waals surface area contributed by atoms with Gasteiger partial charge < -0.3 is 5.32 Å². The Balaban J connectivity index is 1.77. The van der Waals surface area contributed by atoms with Crippen molar-refractivity contribution in [3.8, 4) is 0 Å². The van der Waals surface area contributed by atoms with Crippen LogP contribution in [-0.4, -0.2) is 36.7 Å². The molecule has 0 saturated heterocycles. The highest BCUT2D eigenvalue weighted by Crippen LogP contribution is 2.20. The van der Waals surface area contributed by atoms with Gasteiger partial charge in [-0.25, -0.2) is 8.42 Å². The summed E-state index contributed by atoms with van der Waals surface area (Å²) in [4.78, 5) is 17.6. The standard InChI is InChI=1S/C23H27N3O3S/c1-5-26(6-2)30(28,29)19-10-8-18(9-11-19)15-24-23(27)21-14-17(4)25-22-12-7-16(3)13-20(21)22/h7-14H,5-6,15H2,1-4H3,(H,24,27). The second kappa shape index (κ2) is 8.93. The summed E-state index contributed by atoms with van der Waals surface area (Å²) >= 11 is 0. The first-order chi connectivity index (χ1) is 14.3. The fourth-order valence-corrected chi connectivity index (χ4v) is 4.89. The van der Waals surface area contributed by atoms with Crippen molar-refractivity contribution in [1.82, 2.24) is 14.6 Å². The molecule has 0 radical (unpaired) electrons. The molecule has 0 aliphatic heterocycles. The van der Waals surface area contributed by atoms with Gasteiger partial charge in [0, 0.05) is 30.7 Å². The molecular formula is C23H27N3O3S. The molecule has 3 aromatic rings. The number of aromatic nitrogens is 1. The molecule has 0 spiro atoms. The highest BCUT2D eigenvalue weighted by Gasteiger charge is 2.21. The van der Waals surface area contributed by atoms with Crippen molar-refractivity contribution in [3.63, 3.8) is 0 Å². The number of nitrogens with zero attached hydrogens (tertiary/aromatic N) is 2. The second-order valence-corrected chi connectivity index (χ2v) is 9.19. The van der Waals surface area contributed by atoms with Gasteiger partial charge in [-0.3, -0.25) is 9.78 Å². The third-order valence-electron chi connectivity index (χ3n) is 5.06. The lowest BCUT2D eigenvalue weighted by Crippen LogP contribution is -2.30. The third-order valence-corrected chi connectivity index (χ3v) is 7.12. The van der Waals surface area contributed by atoms with Crippen LogP contribution in [0.5, 0.6) is 0 Å². The van der Waals surface area contributed by atoms with Crippen molar-refractivity contribution in [1.29, 1.82) is 0 Å². The number of pyridine rings is 1. The van der Waals surface area contributed by atoms with E-state index in [9.17, 15) is 13.2 Å². The first-order valence-corrected chi connectivity index (χ1v) is 11.5. The molecule has 0 unspecified atom stereocenters. The number of aryl methyl sites for hydroxylation is 2. The number of benzene rings is 2. The molecule has 7 heteroatoms. The summed E-state index contributed by atoms with van der Waals surface area (Å²) < 4.78 is 26.6. The summed E-state index contributed by atoms with van der Waals surface area (Å²) in [7, 11) is -3.49. The van der Waals surface area contributed by atoms with Crippen LogP contribution in [-0.2, 0) is 16.6 Å². The summed E-state index contributed by atoms with van der Waals surface area (Å²) in [5.41, 5.74) is 4.04. The van der Waals surface area contributed by atoms with E-state index in [0.717, 1.165) is 27.7 Å². The van der Waals surface area contributed by atoms with Crippen LogP contribution in [0.4, 0.5) is 0 Å². The molecule has 3 rings (SSSR count). The van der Waals surface area contributed by atoms with Gasteiger partial charge in [-0.1, -0.05) is 37.6 Å². The van der Waals surface area contributed by atoms with Crippen molar-refractivity contribution in [2.45, 2.75) is 39.1 Å². The molecule has 0 fully saturated rings. The van der Waals surface area contributed by atoms with Crippen LogP contribution in [0.15, 0.2) is 53.4 Å². The van der Waals surface area contributed by atoms with Gasteiger partial charge in [-0.2, -0.15) is 4.31 Å². The van der Waals surface area contributed by atoms with Crippen molar-refractivity contribution in [2.75, 3.05) is 13.1 Å². The van der Waals surface area contributed by atoms with E-state index in [4.69, 9.17) is 0 Å². The zero-order valence-electron chi connectivity index (χ0n) is 17.8. The summed E-state index contributed by atoms with van der Waals surface area (Å²) in [5.74, 6) is -0.184. The van der Waals surface area contributed by atoms with E-state index in [1.54, 1.807) is 30.3 Å². The molecule has 0 saturated carbocycles. The highest BCUT2D eigenvalue weighted by molar-refractivity contribution is 7.89. The fraction of sp³-hybridized carbons (Fsp3) is 0.304. The van der Waals surface area contributed by atoms with Gasteiger partial charge in [0.15, 0.2) is 0 Å². The summed E-state index contributed by atoms with van der Waals surface area (Å²) in [6.45, 7) is 8.64. The molecule has 0 bridgehead atoms. The molecule has 0 aliphatic carbocycles. The van der Waals surface area contributed by atoms with E-state index >= 15 is 0 Å². The van der Waals surface area contributed by atoms with Gasteiger partial charge >= 0.3 is 0 Å². The van der Waals surface area contributed by atoms with Crippen molar-refractivity contribution >= 4 is 26.8 Å². The molecule has 0 aliphatic rings. The minimum Gasteiger partial charge on any atom is -0.348 e. The lowest BCUT2D eigenvalue weighted by Gasteiger charge is -2.18. The number of carbonyl (C=O) groups is 1. The Morgan fingerprint density at radius 3 is 2.30 bits per heavy atom. The van der Waals surface area contributed by atoms with E-state index in [0.29, 0.717) is 25.2 Å². The van der Waals surface area contributed by atoms with Crippen molar-refractivity contribution < 1.29 is 13.2 Å². The Morgan fingerprint density at radius 1 is 1.00 bits per heavy atom. The molecule has 2 aromatic carbocycles. The summed E-state index contributed by atoms with van der Waals surface area (Å²) in [6, 6.07) is 14.3. The number of carbonyl (C=O) groups excluding carboxylic acids is 1. The Bertz CT molecular complexity index is 1170. The van der Waals surface area contributed by atoms with Gasteiger partial charge in [0.25, 0.3) is 5.91 Å². The average Bonchev–Trinajstić information content (AvgIpc) is 2.72. The summed E-state index contributed by atoms with van der Waals surface area (Å²) in [5, 5.41) is 3.75. The molecule has 1 aromatic heterocycles. The summed E-state index contributed by atoms with van der Waals surface area (Å²) in [6.07, 6.45) is 0. The van der Waals surface area contributed by atoms with E-state index in [-0.39, 0.29) is 10.8 Å². The van der Waals surface area contributed by atoms with Crippen LogP contribution in [0.1, 0.15) is 41.0 Å². The largest absolute Gasteiger partial charge is 0.348 e. The first-order valence-electron chi connectivity index (χ1n) is 10.0. The van der Waals surface area contributed by atoms with Crippen LogP contribution < -0.4 is 5.32 Å². The molecular weight excluding hydrogens is 398 g/mol. The lowest BCUT2D eigenvalue weighted by molar-refractivity contribution is 0.0952. The van der Waals surface area contributed by atoms with Gasteiger partial charge in [-0.05, 0) is 49.7 Å². The molecule has 0 atom stereocenters. The number of hydrogen-bond acceptors (Lipinski definition) is 4. The Morgan fingerprint density at radius 2 is 1.67 bits per heavy atom. The Labute approximate surface area is 178 Å². The quantitative estimate of drug-likeness (QED) is 0.624. The molecule has 6 nitrogen and oxygen atoms in total. The van der Waals surface area contributed by atoms with E-state index < -0.39 is 10.0 Å². The maximum Gasteiger partial charge on any atom is 0.252 e. The Hall–Kier alpha value is -2.77. The third kappa shape index (κ3) is 4.52. The van der Waals surface area contributed by atoms with Gasteiger partial charge in [0.2, 0.25) is 10.0 Å². The monoisotopic (exact) mass is 425 g/mol. The zero-order chi connectivity index (χ0) is 21.9. The van der Waals surface area contributed by atoms with Crippen LogP contribution in [0.2, 0.25) is 0 Å². The molecule has 1 amide bonds. The SMILES string of the molecule is CCN(CC)S(=O)(=O)c1ccc(CNC(=O)c2cc(C)nc3ccc(C)cc23)cc1. The number of nitrogens with one attached hydrogen (secondary N) is 1. The molecule has 30 heavy (non-hydrogen) atoms. The minimum atomic E-state index is -3.49. The van der Waals surface area contributed by atoms with Gasteiger partial charge in [0.1, 0.15) is 0 Å². The van der Waals surface area contributed by atoms with Gasteiger partial charge in [-0.15, -0.1) is 0 Å². The maximum atomic E-state index is 12.8. The molecule has 1 N–H and O–H groups in total. The van der Waals surface area contributed by atoms with Crippen LogP contribution in [0, 0.1) is 13.8 Å². The predicted molar refractivity (Wildman–Crippen MR) is 119 cm³/mol. The Kier molecular flexibility index (Phi) is 6.53. The zero-order valence-corrected chi connectivity index (χ0v) is 18.6. The van der Waals surface area contributed by atoms with E-state index in [1.165, 1.54) is 4.31 Å². The number of sulfonamides is 1. The van der Waals surface area contributed by atoms with Crippen LogP contribution >= 0.6 is 0 Å². The topological polar surface area (TPSA) is 79.4 Å². The number of hydrogen-bond donors (Lipinski definition) is 1. The van der Waals surface area contributed by atoms with Crippen molar-refractivity contribution in [2.24, 2.45) is 0 Å². The lowest BCUT2D eigenvalue weighted by atomic mass is 10.0. The predicted octanol–water partition coefficient (Wildman–Crippen LogP) is 3.81. The number of amides is 1. The maximum absolute atomic E-state index is 12.8. The van der Waals surface area contributed by atoms with Gasteiger partial charge in [0.05, 0.1) is 16.0 Å². The molecule has 1 heterocycles. The first kappa shape index (κ1) is 21.9. The van der Waals surface area contributed by atoms with Crippen molar-refractivity contribution in [3.05, 3.63) is 70.9 Å². The fourth-order valence-electron chi connectivity index (χ4n) is 3.43. The second-order valence-electron chi connectivity index (χ2n) is 7.25. The van der Waals surface area contributed by atoms with E-state index in [1.807, 2.05) is 45.9 Å². The minimum absolute atomic E-state index is 0.184. The van der Waals surface area contributed by atoms with Crippen LogP contribution in [0.3, 0.4) is 0 Å². The average molecular weight is 426 g/mol. The molecule has 158 valence electrons. The van der Waals surface area contributed by atoms with Crippen LogP contribution in [0.25, 0.3) is 10.9 Å². The van der Waals surface area contributed by atoms with E-state index in [2.05, 4.69) is 10.3 Å². The number of fused-ring (bicyclic) bond motifs is 1.